The predicted octanol–water partition coefficient (Wildman–Crippen LogP) is 4.09. The quantitative estimate of drug-likeness (QED) is 0.848. The van der Waals surface area contributed by atoms with Gasteiger partial charge in [-0.1, -0.05) is 66.2 Å². The summed E-state index contributed by atoms with van der Waals surface area (Å²) < 4.78 is 1.04. The molecule has 1 unspecified atom stereocenters. The monoisotopic (exact) mass is 382 g/mol. The third kappa shape index (κ3) is 2.06. The standard InChI is InChI=1S/C20H19BrN2O/c1-19(2)16-8-3-4-9-17(16)23-13-18(24)22-20(19,23)11-10-14-6-5-7-15(21)12-14/h3-12H,13H2,1-2H3,(H,22,24). The van der Waals surface area contributed by atoms with Crippen LogP contribution in [0.4, 0.5) is 5.69 Å². The lowest BCUT2D eigenvalue weighted by molar-refractivity contribution is -0.118. The lowest BCUT2D eigenvalue weighted by atomic mass is 9.75. The topological polar surface area (TPSA) is 32.3 Å². The number of benzene rings is 2. The van der Waals surface area contributed by atoms with Crippen molar-refractivity contribution in [3.8, 4) is 0 Å². The van der Waals surface area contributed by atoms with Crippen molar-refractivity contribution in [2.45, 2.75) is 24.9 Å². The normalized spacial score (nSPS) is 24.1. The first-order chi connectivity index (χ1) is 11.4. The van der Waals surface area contributed by atoms with Gasteiger partial charge in [-0.2, -0.15) is 0 Å². The Morgan fingerprint density at radius 1 is 1.17 bits per heavy atom. The molecule has 4 rings (SSSR count). The molecule has 2 aliphatic rings. The zero-order valence-corrected chi connectivity index (χ0v) is 15.3. The molecule has 0 saturated carbocycles. The number of hydrogen-bond acceptors (Lipinski definition) is 2. The third-order valence-electron chi connectivity index (χ3n) is 5.24. The molecule has 1 N–H and O–H groups in total. The van der Waals surface area contributed by atoms with E-state index < -0.39 is 5.66 Å². The molecule has 2 aliphatic heterocycles. The van der Waals surface area contributed by atoms with Gasteiger partial charge < -0.3 is 10.2 Å². The fraction of sp³-hybridized carbons (Fsp3) is 0.250. The van der Waals surface area contributed by atoms with Gasteiger partial charge in [0.25, 0.3) is 0 Å². The Labute approximate surface area is 150 Å². The molecule has 2 heterocycles. The van der Waals surface area contributed by atoms with E-state index in [4.69, 9.17) is 0 Å². The highest BCUT2D eigenvalue weighted by atomic mass is 79.9. The first-order valence-corrected chi connectivity index (χ1v) is 8.86. The van der Waals surface area contributed by atoms with Crippen LogP contribution in [0, 0.1) is 0 Å². The number of amides is 1. The Morgan fingerprint density at radius 2 is 1.96 bits per heavy atom. The van der Waals surface area contributed by atoms with Gasteiger partial charge in [0.1, 0.15) is 5.66 Å². The van der Waals surface area contributed by atoms with Crippen molar-refractivity contribution in [2.75, 3.05) is 11.4 Å². The maximum absolute atomic E-state index is 12.2. The first-order valence-electron chi connectivity index (χ1n) is 8.07. The van der Waals surface area contributed by atoms with Crippen molar-refractivity contribution in [3.63, 3.8) is 0 Å². The highest BCUT2D eigenvalue weighted by molar-refractivity contribution is 9.10. The van der Waals surface area contributed by atoms with Crippen LogP contribution >= 0.6 is 15.9 Å². The van der Waals surface area contributed by atoms with E-state index in [2.05, 4.69) is 82.5 Å². The van der Waals surface area contributed by atoms with Crippen LogP contribution in [0.25, 0.3) is 6.08 Å². The summed E-state index contributed by atoms with van der Waals surface area (Å²) in [6, 6.07) is 16.5. The Balaban J connectivity index is 1.84. The number of para-hydroxylation sites is 1. The van der Waals surface area contributed by atoms with Gasteiger partial charge in [0.2, 0.25) is 5.91 Å². The first kappa shape index (κ1) is 15.5. The fourth-order valence-corrected chi connectivity index (χ4v) is 4.38. The number of nitrogens with one attached hydrogen (secondary N) is 1. The lowest BCUT2D eigenvalue weighted by Gasteiger charge is -2.40. The molecule has 0 aromatic heterocycles. The zero-order valence-electron chi connectivity index (χ0n) is 13.7. The van der Waals surface area contributed by atoms with Crippen LogP contribution in [0.5, 0.6) is 0 Å². The van der Waals surface area contributed by atoms with Crippen molar-refractivity contribution in [1.29, 1.82) is 0 Å². The van der Waals surface area contributed by atoms with Crippen molar-refractivity contribution >= 4 is 33.6 Å². The molecule has 0 radical (unpaired) electrons. The number of carbonyl (C=O) groups is 1. The van der Waals surface area contributed by atoms with Gasteiger partial charge in [0.15, 0.2) is 0 Å². The summed E-state index contributed by atoms with van der Waals surface area (Å²) in [7, 11) is 0. The molecule has 2 aromatic carbocycles. The molecule has 1 atom stereocenters. The van der Waals surface area contributed by atoms with Crippen molar-refractivity contribution < 1.29 is 4.79 Å². The van der Waals surface area contributed by atoms with E-state index >= 15 is 0 Å². The van der Waals surface area contributed by atoms with Crippen LogP contribution in [-0.4, -0.2) is 18.1 Å². The van der Waals surface area contributed by atoms with Gasteiger partial charge >= 0.3 is 0 Å². The van der Waals surface area contributed by atoms with Crippen LogP contribution in [0.15, 0.2) is 59.1 Å². The minimum atomic E-state index is -0.532. The van der Waals surface area contributed by atoms with Crippen LogP contribution in [0.1, 0.15) is 25.0 Å². The third-order valence-corrected chi connectivity index (χ3v) is 5.74. The van der Waals surface area contributed by atoms with Crippen molar-refractivity contribution in [3.05, 3.63) is 70.2 Å². The largest absolute Gasteiger partial charge is 0.335 e. The molecule has 3 nitrogen and oxygen atoms in total. The molecular weight excluding hydrogens is 364 g/mol. The van der Waals surface area contributed by atoms with Gasteiger partial charge in [-0.05, 0) is 35.4 Å². The number of anilines is 1. The molecule has 1 saturated heterocycles. The summed E-state index contributed by atoms with van der Waals surface area (Å²) in [6.45, 7) is 4.79. The second-order valence-electron chi connectivity index (χ2n) is 6.93. The van der Waals surface area contributed by atoms with Crippen molar-refractivity contribution in [2.24, 2.45) is 0 Å². The summed E-state index contributed by atoms with van der Waals surface area (Å²) >= 11 is 3.51. The number of nitrogens with zero attached hydrogens (tertiary/aromatic N) is 1. The van der Waals surface area contributed by atoms with Crippen LogP contribution in [0.2, 0.25) is 0 Å². The Bertz CT molecular complexity index is 858. The number of fused-ring (bicyclic) bond motifs is 3. The Hall–Kier alpha value is -2.07. The highest BCUT2D eigenvalue weighted by Gasteiger charge is 2.59. The second kappa shape index (κ2) is 5.21. The Kier molecular flexibility index (Phi) is 3.36. The lowest BCUT2D eigenvalue weighted by Crippen LogP contribution is -2.58. The Morgan fingerprint density at radius 3 is 2.75 bits per heavy atom. The average Bonchev–Trinajstić information content (AvgIpc) is 2.98. The van der Waals surface area contributed by atoms with E-state index in [0.717, 1.165) is 15.7 Å². The molecule has 122 valence electrons. The van der Waals surface area contributed by atoms with E-state index in [-0.39, 0.29) is 11.3 Å². The maximum atomic E-state index is 12.2. The molecule has 2 aromatic rings. The molecule has 0 aliphatic carbocycles. The van der Waals surface area contributed by atoms with E-state index in [1.807, 2.05) is 18.2 Å². The fourth-order valence-electron chi connectivity index (χ4n) is 3.97. The van der Waals surface area contributed by atoms with Gasteiger partial charge in [-0.15, -0.1) is 0 Å². The number of halogens is 1. The zero-order chi connectivity index (χ0) is 16.9. The molecule has 0 bridgehead atoms. The summed E-state index contributed by atoms with van der Waals surface area (Å²) in [5.41, 5.74) is 2.75. The van der Waals surface area contributed by atoms with E-state index in [1.165, 1.54) is 5.56 Å². The molecule has 1 fully saturated rings. The average molecular weight is 383 g/mol. The van der Waals surface area contributed by atoms with Crippen molar-refractivity contribution in [1.82, 2.24) is 5.32 Å². The maximum Gasteiger partial charge on any atom is 0.241 e. The predicted molar refractivity (Wildman–Crippen MR) is 101 cm³/mol. The summed E-state index contributed by atoms with van der Waals surface area (Å²) in [4.78, 5) is 14.4. The number of hydrogen-bond donors (Lipinski definition) is 1. The SMILES string of the molecule is CC1(C)c2ccccc2N2CC(=O)NC21C=Cc1cccc(Br)c1. The van der Waals surface area contributed by atoms with E-state index in [0.29, 0.717) is 6.54 Å². The minimum absolute atomic E-state index is 0.0662. The second-order valence-corrected chi connectivity index (χ2v) is 7.85. The highest BCUT2D eigenvalue weighted by Crippen LogP contribution is 2.52. The van der Waals surface area contributed by atoms with Gasteiger partial charge in [0, 0.05) is 15.6 Å². The van der Waals surface area contributed by atoms with Gasteiger partial charge in [-0.3, -0.25) is 4.79 Å². The molecule has 1 amide bonds. The number of carbonyl (C=O) groups excluding carboxylic acids is 1. The minimum Gasteiger partial charge on any atom is -0.335 e. The summed E-state index contributed by atoms with van der Waals surface area (Å²) in [5.74, 6) is 0.0662. The van der Waals surface area contributed by atoms with E-state index in [1.54, 1.807) is 0 Å². The van der Waals surface area contributed by atoms with Gasteiger partial charge in [-0.25, -0.2) is 0 Å². The van der Waals surface area contributed by atoms with Gasteiger partial charge in [0.05, 0.1) is 6.54 Å². The molecule has 0 spiro atoms. The number of rotatable bonds is 2. The summed E-state index contributed by atoms with van der Waals surface area (Å²) in [5, 5.41) is 3.24. The van der Waals surface area contributed by atoms with Crippen LogP contribution in [-0.2, 0) is 10.2 Å². The molecule has 24 heavy (non-hydrogen) atoms. The van der Waals surface area contributed by atoms with Crippen LogP contribution in [0.3, 0.4) is 0 Å². The summed E-state index contributed by atoms with van der Waals surface area (Å²) in [6.07, 6.45) is 4.23. The molecule has 4 heteroatoms. The van der Waals surface area contributed by atoms with E-state index in [9.17, 15) is 4.79 Å². The van der Waals surface area contributed by atoms with Crippen LogP contribution < -0.4 is 10.2 Å². The smallest absolute Gasteiger partial charge is 0.241 e. The molecular formula is C20H19BrN2O.